The van der Waals surface area contributed by atoms with E-state index in [0.29, 0.717) is 12.4 Å². The van der Waals surface area contributed by atoms with E-state index in [1.54, 1.807) is 0 Å². The van der Waals surface area contributed by atoms with Crippen LogP contribution in [0.1, 0.15) is 11.5 Å². The molecule has 2 rings (SSSR count). The second-order valence-electron chi connectivity index (χ2n) is 3.97. The first-order chi connectivity index (χ1) is 8.90. The van der Waals surface area contributed by atoms with Gasteiger partial charge in [-0.3, -0.25) is 0 Å². The van der Waals surface area contributed by atoms with Crippen LogP contribution >= 0.6 is 0 Å². The van der Waals surface area contributed by atoms with Crippen molar-refractivity contribution < 1.29 is 14.9 Å². The van der Waals surface area contributed by atoms with Gasteiger partial charge in [-0.25, -0.2) is 0 Å². The van der Waals surface area contributed by atoms with E-state index < -0.39 is 0 Å². The van der Waals surface area contributed by atoms with Crippen molar-refractivity contribution >= 4 is 0 Å². The van der Waals surface area contributed by atoms with Crippen LogP contribution in [0, 0.1) is 0 Å². The standard InChI is InChI=1S/C15H16O3/c16-11-14(13-7-3-1-4-8-13)12-17-18-15-9-5-2-6-10-15/h1-10,14,16H,11-12H2. The van der Waals surface area contributed by atoms with Gasteiger partial charge in [-0.15, -0.1) is 0 Å². The highest BCUT2D eigenvalue weighted by Crippen LogP contribution is 2.16. The SMILES string of the molecule is OCC(COOc1ccccc1)c1ccccc1. The zero-order chi connectivity index (χ0) is 12.6. The largest absolute Gasteiger partial charge is 0.396 e. The van der Waals surface area contributed by atoms with Gasteiger partial charge in [0.05, 0.1) is 6.61 Å². The lowest BCUT2D eigenvalue weighted by molar-refractivity contribution is -0.212. The Kier molecular flexibility index (Phi) is 4.76. The zero-order valence-electron chi connectivity index (χ0n) is 10.0. The Morgan fingerprint density at radius 2 is 1.50 bits per heavy atom. The van der Waals surface area contributed by atoms with Gasteiger partial charge in [0.15, 0.2) is 5.75 Å². The van der Waals surface area contributed by atoms with Gasteiger partial charge >= 0.3 is 0 Å². The lowest BCUT2D eigenvalue weighted by atomic mass is 10.0. The van der Waals surface area contributed by atoms with Gasteiger partial charge in [0.25, 0.3) is 0 Å². The minimum absolute atomic E-state index is 0.0299. The highest BCUT2D eigenvalue weighted by molar-refractivity contribution is 5.21. The second-order valence-corrected chi connectivity index (χ2v) is 3.97. The first kappa shape index (κ1) is 12.6. The van der Waals surface area contributed by atoms with Crippen molar-refractivity contribution in [3.8, 4) is 5.75 Å². The Hall–Kier alpha value is -1.84. The van der Waals surface area contributed by atoms with E-state index >= 15 is 0 Å². The molecule has 0 saturated heterocycles. The van der Waals surface area contributed by atoms with E-state index in [1.165, 1.54) is 0 Å². The highest BCUT2D eigenvalue weighted by Gasteiger charge is 2.11. The average Bonchev–Trinajstić information content (AvgIpc) is 2.46. The van der Waals surface area contributed by atoms with Crippen LogP contribution in [0.4, 0.5) is 0 Å². The molecule has 0 radical (unpaired) electrons. The summed E-state index contributed by atoms with van der Waals surface area (Å²) in [5, 5.41) is 9.34. The van der Waals surface area contributed by atoms with Crippen LogP contribution < -0.4 is 4.89 Å². The molecule has 3 nitrogen and oxygen atoms in total. The number of aliphatic hydroxyl groups excluding tert-OH is 1. The molecule has 0 bridgehead atoms. The van der Waals surface area contributed by atoms with Crippen LogP contribution in [0.25, 0.3) is 0 Å². The molecule has 1 unspecified atom stereocenters. The maximum Gasteiger partial charge on any atom is 0.165 e. The lowest BCUT2D eigenvalue weighted by Gasteiger charge is -2.14. The van der Waals surface area contributed by atoms with E-state index in [0.717, 1.165) is 5.56 Å². The topological polar surface area (TPSA) is 38.7 Å². The quantitative estimate of drug-likeness (QED) is 0.627. The molecule has 0 fully saturated rings. The molecule has 94 valence electrons. The molecule has 18 heavy (non-hydrogen) atoms. The van der Waals surface area contributed by atoms with Crippen molar-refractivity contribution in [2.75, 3.05) is 13.2 Å². The van der Waals surface area contributed by atoms with Gasteiger partial charge in [-0.2, -0.15) is 4.89 Å². The Morgan fingerprint density at radius 1 is 0.889 bits per heavy atom. The van der Waals surface area contributed by atoms with Gasteiger partial charge in [0.2, 0.25) is 0 Å². The lowest BCUT2D eigenvalue weighted by Crippen LogP contribution is -2.13. The summed E-state index contributed by atoms with van der Waals surface area (Å²) in [5.41, 5.74) is 1.04. The number of benzene rings is 2. The summed E-state index contributed by atoms with van der Waals surface area (Å²) in [6, 6.07) is 19.0. The summed E-state index contributed by atoms with van der Waals surface area (Å²) in [6.07, 6.45) is 0. The van der Waals surface area contributed by atoms with Gasteiger partial charge in [-0.1, -0.05) is 48.5 Å². The Balaban J connectivity index is 1.85. The fourth-order valence-corrected chi connectivity index (χ4v) is 1.64. The van der Waals surface area contributed by atoms with Crippen LogP contribution in [-0.2, 0) is 4.89 Å². The molecular weight excluding hydrogens is 228 g/mol. The second kappa shape index (κ2) is 6.79. The van der Waals surface area contributed by atoms with Crippen LogP contribution in [0.5, 0.6) is 5.75 Å². The van der Waals surface area contributed by atoms with Crippen LogP contribution in [0.15, 0.2) is 60.7 Å². The third-order valence-electron chi connectivity index (χ3n) is 2.66. The molecule has 2 aromatic rings. The molecule has 0 heterocycles. The van der Waals surface area contributed by atoms with Crippen molar-refractivity contribution in [3.05, 3.63) is 66.2 Å². The smallest absolute Gasteiger partial charge is 0.165 e. The fraction of sp³-hybridized carbons (Fsp3) is 0.200. The molecule has 0 aliphatic heterocycles. The number of rotatable bonds is 6. The zero-order valence-corrected chi connectivity index (χ0v) is 10.0. The first-order valence-corrected chi connectivity index (χ1v) is 5.90. The third-order valence-corrected chi connectivity index (χ3v) is 2.66. The van der Waals surface area contributed by atoms with Gasteiger partial charge in [-0.05, 0) is 17.7 Å². The monoisotopic (exact) mass is 244 g/mol. The molecule has 0 saturated carbocycles. The summed E-state index contributed by atoms with van der Waals surface area (Å²) in [7, 11) is 0. The molecule has 0 spiro atoms. The molecule has 1 N–H and O–H groups in total. The number of hydrogen-bond donors (Lipinski definition) is 1. The fourth-order valence-electron chi connectivity index (χ4n) is 1.64. The van der Waals surface area contributed by atoms with Crippen molar-refractivity contribution in [1.29, 1.82) is 0 Å². The van der Waals surface area contributed by atoms with Crippen molar-refractivity contribution in [2.24, 2.45) is 0 Å². The number of aliphatic hydroxyl groups is 1. The van der Waals surface area contributed by atoms with E-state index in [1.807, 2.05) is 60.7 Å². The van der Waals surface area contributed by atoms with E-state index in [-0.39, 0.29) is 12.5 Å². The van der Waals surface area contributed by atoms with Gasteiger partial charge in [0, 0.05) is 5.92 Å². The van der Waals surface area contributed by atoms with Crippen molar-refractivity contribution in [1.82, 2.24) is 0 Å². The average molecular weight is 244 g/mol. The molecule has 0 aliphatic carbocycles. The highest BCUT2D eigenvalue weighted by atomic mass is 17.2. The molecule has 0 aromatic heterocycles. The Labute approximate surface area is 107 Å². The van der Waals surface area contributed by atoms with Crippen LogP contribution in [-0.4, -0.2) is 18.3 Å². The minimum atomic E-state index is -0.0742. The first-order valence-electron chi connectivity index (χ1n) is 5.90. The maximum absolute atomic E-state index is 9.34. The molecule has 3 heteroatoms. The number of hydrogen-bond acceptors (Lipinski definition) is 3. The van der Waals surface area contributed by atoms with Crippen LogP contribution in [0.3, 0.4) is 0 Å². The Morgan fingerprint density at radius 3 is 2.11 bits per heavy atom. The van der Waals surface area contributed by atoms with E-state index in [2.05, 4.69) is 0 Å². The summed E-state index contributed by atoms with van der Waals surface area (Å²) < 4.78 is 0. The predicted octanol–water partition coefficient (Wildman–Crippen LogP) is 2.77. The molecule has 0 aliphatic rings. The molecule has 1 atom stereocenters. The summed E-state index contributed by atoms with van der Waals surface area (Å²) in [4.78, 5) is 10.3. The van der Waals surface area contributed by atoms with E-state index in [9.17, 15) is 5.11 Å². The van der Waals surface area contributed by atoms with Gasteiger partial charge < -0.3 is 9.99 Å². The van der Waals surface area contributed by atoms with Crippen molar-refractivity contribution in [2.45, 2.75) is 5.92 Å². The molecule has 2 aromatic carbocycles. The summed E-state index contributed by atoms with van der Waals surface area (Å²) in [6.45, 7) is 0.345. The van der Waals surface area contributed by atoms with Crippen LogP contribution in [0.2, 0.25) is 0 Å². The molecular formula is C15H16O3. The maximum atomic E-state index is 9.34. The number of para-hydroxylation sites is 1. The van der Waals surface area contributed by atoms with Crippen molar-refractivity contribution in [3.63, 3.8) is 0 Å². The summed E-state index contributed by atoms with van der Waals surface area (Å²) in [5.74, 6) is 0.581. The van der Waals surface area contributed by atoms with Gasteiger partial charge in [0.1, 0.15) is 6.61 Å². The predicted molar refractivity (Wildman–Crippen MR) is 69.3 cm³/mol. The molecule has 0 amide bonds. The van der Waals surface area contributed by atoms with E-state index in [4.69, 9.17) is 9.78 Å². The minimum Gasteiger partial charge on any atom is -0.396 e. The summed E-state index contributed by atoms with van der Waals surface area (Å²) >= 11 is 0. The normalized spacial score (nSPS) is 12.1. The third kappa shape index (κ3) is 3.58. The Bertz CT molecular complexity index is 442.